The molecule has 3 aromatic rings. The Bertz CT molecular complexity index is 1100. The monoisotopic (exact) mass is 431 g/mol. The lowest BCUT2D eigenvalue weighted by molar-refractivity contribution is 0.102. The van der Waals surface area contributed by atoms with Crippen molar-refractivity contribution in [3.63, 3.8) is 0 Å². The van der Waals surface area contributed by atoms with Crippen molar-refractivity contribution < 1.29 is 17.7 Å². The SMILES string of the molecule is CCS(=O)(=O)c1ccc(NC(=O)c2cccnc2SCc2c(C)noc2C)cc1. The van der Waals surface area contributed by atoms with Crippen LogP contribution < -0.4 is 5.32 Å². The molecule has 9 heteroatoms. The Morgan fingerprint density at radius 1 is 1.17 bits per heavy atom. The first-order valence-electron chi connectivity index (χ1n) is 8.95. The Morgan fingerprint density at radius 3 is 2.52 bits per heavy atom. The van der Waals surface area contributed by atoms with E-state index < -0.39 is 9.84 Å². The molecule has 152 valence electrons. The summed E-state index contributed by atoms with van der Waals surface area (Å²) in [7, 11) is -3.28. The number of hydrogen-bond acceptors (Lipinski definition) is 7. The smallest absolute Gasteiger partial charge is 0.258 e. The fraction of sp³-hybridized carbons (Fsp3) is 0.250. The summed E-state index contributed by atoms with van der Waals surface area (Å²) in [6.45, 7) is 5.32. The average Bonchev–Trinajstić information content (AvgIpc) is 3.04. The number of benzene rings is 1. The summed E-state index contributed by atoms with van der Waals surface area (Å²) < 4.78 is 29.0. The second kappa shape index (κ2) is 8.79. The molecule has 1 N–H and O–H groups in total. The van der Waals surface area contributed by atoms with Crippen LogP contribution in [0.1, 0.15) is 34.3 Å². The maximum atomic E-state index is 12.8. The zero-order chi connectivity index (χ0) is 21.0. The summed E-state index contributed by atoms with van der Waals surface area (Å²) in [6.07, 6.45) is 1.64. The maximum absolute atomic E-state index is 12.8. The van der Waals surface area contributed by atoms with Crippen LogP contribution >= 0.6 is 11.8 Å². The zero-order valence-electron chi connectivity index (χ0n) is 16.3. The van der Waals surface area contributed by atoms with E-state index in [1.54, 1.807) is 37.4 Å². The van der Waals surface area contributed by atoms with Gasteiger partial charge in [0, 0.05) is 23.2 Å². The fourth-order valence-corrected chi connectivity index (χ4v) is 4.67. The number of nitrogens with one attached hydrogen (secondary N) is 1. The molecule has 29 heavy (non-hydrogen) atoms. The molecule has 1 aromatic carbocycles. The number of anilines is 1. The van der Waals surface area contributed by atoms with E-state index >= 15 is 0 Å². The number of carbonyl (C=O) groups excluding carboxylic acids is 1. The summed E-state index contributed by atoms with van der Waals surface area (Å²) in [4.78, 5) is 17.3. The molecule has 0 saturated carbocycles. The highest BCUT2D eigenvalue weighted by Crippen LogP contribution is 2.27. The normalized spacial score (nSPS) is 11.4. The molecule has 0 bridgehead atoms. The second-order valence-corrected chi connectivity index (χ2v) is 9.57. The van der Waals surface area contributed by atoms with E-state index in [-0.39, 0.29) is 16.6 Å². The van der Waals surface area contributed by atoms with Crippen LogP contribution in [0.25, 0.3) is 0 Å². The highest BCUT2D eigenvalue weighted by Gasteiger charge is 2.16. The van der Waals surface area contributed by atoms with Crippen molar-refractivity contribution in [1.82, 2.24) is 10.1 Å². The minimum Gasteiger partial charge on any atom is -0.361 e. The van der Waals surface area contributed by atoms with Crippen LogP contribution in [-0.2, 0) is 15.6 Å². The van der Waals surface area contributed by atoms with Crippen LogP contribution in [0.4, 0.5) is 5.69 Å². The fourth-order valence-electron chi connectivity index (χ4n) is 2.64. The summed E-state index contributed by atoms with van der Waals surface area (Å²) in [5, 5.41) is 7.33. The lowest BCUT2D eigenvalue weighted by Gasteiger charge is -2.10. The molecule has 0 aliphatic heterocycles. The summed E-state index contributed by atoms with van der Waals surface area (Å²) in [6, 6.07) is 9.54. The van der Waals surface area contributed by atoms with E-state index in [9.17, 15) is 13.2 Å². The number of amides is 1. The van der Waals surface area contributed by atoms with Gasteiger partial charge < -0.3 is 9.84 Å². The van der Waals surface area contributed by atoms with Crippen LogP contribution in [0.2, 0.25) is 0 Å². The Kier molecular flexibility index (Phi) is 6.39. The highest BCUT2D eigenvalue weighted by atomic mass is 32.2. The Balaban J connectivity index is 1.75. The Morgan fingerprint density at radius 2 is 1.90 bits per heavy atom. The molecule has 1 amide bonds. The third-order valence-corrected chi connectivity index (χ3v) is 7.18. The summed E-state index contributed by atoms with van der Waals surface area (Å²) in [5.74, 6) is 1.05. The van der Waals surface area contributed by atoms with E-state index in [4.69, 9.17) is 4.52 Å². The molecule has 0 unspecified atom stereocenters. The number of carbonyl (C=O) groups is 1. The molecule has 0 atom stereocenters. The van der Waals surface area contributed by atoms with E-state index in [0.717, 1.165) is 17.0 Å². The number of hydrogen-bond donors (Lipinski definition) is 1. The van der Waals surface area contributed by atoms with Gasteiger partial charge in [-0.3, -0.25) is 4.79 Å². The van der Waals surface area contributed by atoms with Crippen LogP contribution in [0.5, 0.6) is 0 Å². The van der Waals surface area contributed by atoms with Crippen molar-refractivity contribution in [3.8, 4) is 0 Å². The molecule has 2 aromatic heterocycles. The third kappa shape index (κ3) is 4.86. The Hall–Kier alpha value is -2.65. The van der Waals surface area contributed by atoms with Crippen molar-refractivity contribution >= 4 is 33.2 Å². The van der Waals surface area contributed by atoms with Crippen molar-refractivity contribution in [1.29, 1.82) is 0 Å². The minimum atomic E-state index is -3.28. The molecule has 0 fully saturated rings. The third-order valence-electron chi connectivity index (χ3n) is 4.40. The molecule has 7 nitrogen and oxygen atoms in total. The van der Waals surface area contributed by atoms with E-state index in [1.165, 1.54) is 23.9 Å². The lowest BCUT2D eigenvalue weighted by atomic mass is 10.2. The topological polar surface area (TPSA) is 102 Å². The molecule has 0 saturated heterocycles. The van der Waals surface area contributed by atoms with Crippen molar-refractivity contribution in [2.75, 3.05) is 11.1 Å². The van der Waals surface area contributed by atoms with Gasteiger partial charge in [-0.2, -0.15) is 0 Å². The average molecular weight is 432 g/mol. The van der Waals surface area contributed by atoms with Crippen LogP contribution in [-0.4, -0.2) is 30.2 Å². The van der Waals surface area contributed by atoms with Crippen LogP contribution in [0.3, 0.4) is 0 Å². The van der Waals surface area contributed by atoms with Crippen LogP contribution in [0, 0.1) is 13.8 Å². The minimum absolute atomic E-state index is 0.0279. The van der Waals surface area contributed by atoms with Gasteiger partial charge in [0.05, 0.1) is 21.9 Å². The number of aryl methyl sites for hydroxylation is 2. The molecule has 0 radical (unpaired) electrons. The van der Waals surface area contributed by atoms with Gasteiger partial charge in [0.25, 0.3) is 5.91 Å². The van der Waals surface area contributed by atoms with Gasteiger partial charge in [0.2, 0.25) is 0 Å². The zero-order valence-corrected chi connectivity index (χ0v) is 17.9. The van der Waals surface area contributed by atoms with Crippen molar-refractivity contribution in [2.24, 2.45) is 0 Å². The molecule has 0 aliphatic carbocycles. The number of sulfone groups is 1. The van der Waals surface area contributed by atoms with Gasteiger partial charge in [0.1, 0.15) is 10.8 Å². The number of aromatic nitrogens is 2. The standard InChI is InChI=1S/C20H21N3O4S2/c1-4-29(25,26)16-9-7-15(8-10-16)22-19(24)17-6-5-11-21-20(17)28-12-18-13(2)23-27-14(18)3/h5-11H,4,12H2,1-3H3,(H,22,24). The number of thioether (sulfide) groups is 1. The molecule has 0 spiro atoms. The van der Waals surface area contributed by atoms with Gasteiger partial charge in [-0.15, -0.1) is 11.8 Å². The van der Waals surface area contributed by atoms with Crippen LogP contribution in [0.15, 0.2) is 57.0 Å². The lowest BCUT2D eigenvalue weighted by Crippen LogP contribution is -2.14. The number of pyridine rings is 1. The molecular formula is C20H21N3O4S2. The Labute approximate surface area is 173 Å². The highest BCUT2D eigenvalue weighted by molar-refractivity contribution is 7.98. The predicted molar refractivity (Wildman–Crippen MR) is 112 cm³/mol. The van der Waals surface area contributed by atoms with Crippen molar-refractivity contribution in [3.05, 3.63) is 65.2 Å². The molecular weight excluding hydrogens is 410 g/mol. The molecule has 3 rings (SSSR count). The molecule has 0 aliphatic rings. The largest absolute Gasteiger partial charge is 0.361 e. The first-order chi connectivity index (χ1) is 13.8. The second-order valence-electron chi connectivity index (χ2n) is 6.33. The quantitative estimate of drug-likeness (QED) is 0.564. The summed E-state index contributed by atoms with van der Waals surface area (Å²) in [5.41, 5.74) is 2.75. The van der Waals surface area contributed by atoms with Gasteiger partial charge >= 0.3 is 0 Å². The summed E-state index contributed by atoms with van der Waals surface area (Å²) >= 11 is 1.43. The van der Waals surface area contributed by atoms with Gasteiger partial charge in [-0.25, -0.2) is 13.4 Å². The van der Waals surface area contributed by atoms with E-state index in [1.807, 2.05) is 13.8 Å². The molecule has 2 heterocycles. The van der Waals surface area contributed by atoms with Crippen molar-refractivity contribution in [2.45, 2.75) is 36.4 Å². The number of nitrogens with zero attached hydrogens (tertiary/aromatic N) is 2. The van der Waals surface area contributed by atoms with E-state index in [2.05, 4.69) is 15.5 Å². The first kappa shape index (κ1) is 21.1. The van der Waals surface area contributed by atoms with Gasteiger partial charge in [-0.05, 0) is 50.2 Å². The maximum Gasteiger partial charge on any atom is 0.258 e. The number of rotatable bonds is 7. The van der Waals surface area contributed by atoms with Gasteiger partial charge in [0.15, 0.2) is 9.84 Å². The predicted octanol–water partition coefficient (Wildman–Crippen LogP) is 4.02. The van der Waals surface area contributed by atoms with E-state index in [0.29, 0.717) is 22.0 Å². The van der Waals surface area contributed by atoms with Gasteiger partial charge in [-0.1, -0.05) is 12.1 Å². The first-order valence-corrected chi connectivity index (χ1v) is 11.6.